The first-order chi connectivity index (χ1) is 15.1. The van der Waals surface area contributed by atoms with Crippen molar-refractivity contribution in [3.63, 3.8) is 0 Å². The summed E-state index contributed by atoms with van der Waals surface area (Å²) in [5.41, 5.74) is 1.28. The van der Waals surface area contributed by atoms with E-state index in [2.05, 4.69) is 25.5 Å². The van der Waals surface area contributed by atoms with Gasteiger partial charge in [-0.05, 0) is 65.7 Å². The summed E-state index contributed by atoms with van der Waals surface area (Å²) >= 11 is 6.31. The molecule has 0 fully saturated rings. The Morgan fingerprint density at radius 3 is 2.31 bits per heavy atom. The number of benzene rings is 2. The first kappa shape index (κ1) is 23.4. The maximum absolute atomic E-state index is 13.3. The molecule has 0 bridgehead atoms. The highest BCUT2D eigenvalue weighted by atomic mass is 32.1. The summed E-state index contributed by atoms with van der Waals surface area (Å²) in [4.78, 5) is 13.4. The highest BCUT2D eigenvalue weighted by Gasteiger charge is 2.34. The Kier molecular flexibility index (Phi) is 7.26. The van der Waals surface area contributed by atoms with E-state index in [0.717, 1.165) is 17.6 Å². The second kappa shape index (κ2) is 9.92. The van der Waals surface area contributed by atoms with Crippen LogP contribution in [0.4, 0.5) is 30.2 Å². The molecule has 32 heavy (non-hydrogen) atoms. The highest BCUT2D eigenvalue weighted by molar-refractivity contribution is 7.80. The lowest BCUT2D eigenvalue weighted by Gasteiger charge is -2.20. The summed E-state index contributed by atoms with van der Waals surface area (Å²) in [5.74, 6) is -0.366. The number of halogens is 3. The lowest BCUT2D eigenvalue weighted by atomic mass is 10.1. The highest BCUT2D eigenvalue weighted by Crippen LogP contribution is 2.36. The lowest BCUT2D eigenvalue weighted by Crippen LogP contribution is -2.28. The maximum atomic E-state index is 13.3. The third-order valence-corrected chi connectivity index (χ3v) is 5.05. The zero-order valence-electron chi connectivity index (χ0n) is 17.0. The fraction of sp³-hybridized carbons (Fsp3) is 0.200. The van der Waals surface area contributed by atoms with Gasteiger partial charge < -0.3 is 20.9 Å². The molecule has 0 unspecified atom stereocenters. The first-order valence-electron chi connectivity index (χ1n) is 9.24. The molecule has 1 aromatic heterocycles. The number of hydrogen-bond donors (Lipinski definition) is 3. The third kappa shape index (κ3) is 6.14. The number of rotatable bonds is 6. The summed E-state index contributed by atoms with van der Waals surface area (Å²) in [6, 6.07) is 10.9. The fourth-order valence-electron chi connectivity index (χ4n) is 2.76. The van der Waals surface area contributed by atoms with Crippen molar-refractivity contribution in [3.8, 4) is 0 Å². The zero-order valence-corrected chi connectivity index (χ0v) is 18.7. The van der Waals surface area contributed by atoms with Gasteiger partial charge in [0.25, 0.3) is 5.91 Å². The number of aromatic nitrogens is 2. The Balaban J connectivity index is 1.56. The predicted molar refractivity (Wildman–Crippen MR) is 123 cm³/mol. The molecule has 1 amide bonds. The Morgan fingerprint density at radius 2 is 1.75 bits per heavy atom. The van der Waals surface area contributed by atoms with E-state index < -0.39 is 11.7 Å². The normalized spacial score (nSPS) is 11.0. The molecule has 0 saturated heterocycles. The van der Waals surface area contributed by atoms with Crippen molar-refractivity contribution in [1.82, 2.24) is 14.9 Å². The van der Waals surface area contributed by atoms with Crippen molar-refractivity contribution in [3.05, 3.63) is 64.7 Å². The summed E-state index contributed by atoms with van der Waals surface area (Å²) < 4.78 is 43.7. The van der Waals surface area contributed by atoms with Gasteiger partial charge in [-0.25, -0.2) is 0 Å². The molecule has 0 atom stereocenters. The summed E-state index contributed by atoms with van der Waals surface area (Å²) in [6.45, 7) is 0.123. The van der Waals surface area contributed by atoms with Crippen molar-refractivity contribution < 1.29 is 18.0 Å². The fourth-order valence-corrected chi connectivity index (χ4v) is 3.39. The molecule has 0 aliphatic heterocycles. The van der Waals surface area contributed by atoms with Crippen LogP contribution in [0.1, 0.15) is 21.6 Å². The number of thiocarbonyl (C=S) groups is 1. The molecule has 2 aromatic carbocycles. The van der Waals surface area contributed by atoms with Crippen molar-refractivity contribution in [2.75, 3.05) is 29.6 Å². The van der Waals surface area contributed by atoms with Gasteiger partial charge in [-0.3, -0.25) is 4.79 Å². The number of alkyl halides is 3. The van der Waals surface area contributed by atoms with Crippen LogP contribution in [0.2, 0.25) is 0 Å². The minimum absolute atomic E-state index is 0.0974. The molecule has 0 aliphatic rings. The van der Waals surface area contributed by atoms with E-state index >= 15 is 0 Å². The SMILES string of the molecule is CN(C)c1ccc(CNC(=S)Nc2ccc(NC(=O)c3csnn3)cc2)cc1C(F)(F)F. The van der Waals surface area contributed by atoms with Gasteiger partial charge in [0, 0.05) is 43.1 Å². The van der Waals surface area contributed by atoms with Gasteiger partial charge in [0.05, 0.1) is 5.56 Å². The lowest BCUT2D eigenvalue weighted by molar-refractivity contribution is -0.137. The molecule has 3 N–H and O–H groups in total. The van der Waals surface area contributed by atoms with Gasteiger partial charge in [-0.1, -0.05) is 10.6 Å². The van der Waals surface area contributed by atoms with Crippen LogP contribution in [0.25, 0.3) is 0 Å². The smallest absolute Gasteiger partial charge is 0.377 e. The molecule has 0 spiro atoms. The van der Waals surface area contributed by atoms with Crippen LogP contribution in [0.3, 0.4) is 0 Å². The average Bonchev–Trinajstić information content (AvgIpc) is 3.28. The van der Waals surface area contributed by atoms with E-state index in [-0.39, 0.29) is 28.9 Å². The summed E-state index contributed by atoms with van der Waals surface area (Å²) in [7, 11) is 3.13. The first-order valence-corrected chi connectivity index (χ1v) is 10.5. The van der Waals surface area contributed by atoms with Crippen LogP contribution in [0.15, 0.2) is 47.8 Å². The van der Waals surface area contributed by atoms with E-state index in [0.29, 0.717) is 16.9 Å². The number of amides is 1. The molecule has 7 nitrogen and oxygen atoms in total. The molecule has 3 aromatic rings. The summed E-state index contributed by atoms with van der Waals surface area (Å²) in [5, 5.41) is 14.0. The minimum Gasteiger partial charge on any atom is -0.377 e. The number of carbonyl (C=O) groups excluding carboxylic acids is 1. The van der Waals surface area contributed by atoms with E-state index in [9.17, 15) is 18.0 Å². The average molecular weight is 481 g/mol. The standard InChI is InChI=1S/C20H19F3N6OS2/c1-29(2)17-8-3-12(9-15(17)20(21,22)23)10-24-19(31)26-14-6-4-13(5-7-14)25-18(30)16-11-32-28-27-16/h3-9,11H,10H2,1-2H3,(H,25,30)(H2,24,26,31). The van der Waals surface area contributed by atoms with Gasteiger partial charge in [0.2, 0.25) is 0 Å². The van der Waals surface area contributed by atoms with Crippen LogP contribution < -0.4 is 20.9 Å². The maximum Gasteiger partial charge on any atom is 0.418 e. The van der Waals surface area contributed by atoms with Gasteiger partial charge >= 0.3 is 6.18 Å². The van der Waals surface area contributed by atoms with E-state index in [1.807, 2.05) is 0 Å². The number of nitrogens with zero attached hydrogens (tertiary/aromatic N) is 3. The van der Waals surface area contributed by atoms with Gasteiger partial charge in [-0.15, -0.1) is 5.10 Å². The van der Waals surface area contributed by atoms with Crippen molar-refractivity contribution in [2.24, 2.45) is 0 Å². The Bertz CT molecular complexity index is 1090. The van der Waals surface area contributed by atoms with E-state index in [4.69, 9.17) is 12.2 Å². The monoisotopic (exact) mass is 480 g/mol. The molecule has 3 rings (SSSR count). The Hall–Kier alpha value is -3.25. The Labute approximate surface area is 191 Å². The van der Waals surface area contributed by atoms with E-state index in [1.165, 1.54) is 11.0 Å². The minimum atomic E-state index is -4.46. The molecule has 168 valence electrons. The summed E-state index contributed by atoms with van der Waals surface area (Å²) in [6.07, 6.45) is -4.46. The van der Waals surface area contributed by atoms with Crippen molar-refractivity contribution in [1.29, 1.82) is 0 Å². The molecule has 12 heteroatoms. The zero-order chi connectivity index (χ0) is 23.3. The number of anilines is 3. The molecule has 0 saturated carbocycles. The molecule has 1 heterocycles. The molecular weight excluding hydrogens is 461 g/mol. The quantitative estimate of drug-likeness (QED) is 0.452. The van der Waals surface area contributed by atoms with Crippen LogP contribution in [-0.4, -0.2) is 34.7 Å². The van der Waals surface area contributed by atoms with Crippen LogP contribution in [0, 0.1) is 0 Å². The third-order valence-electron chi connectivity index (χ3n) is 4.29. The van der Waals surface area contributed by atoms with Crippen LogP contribution >= 0.6 is 23.8 Å². The van der Waals surface area contributed by atoms with E-state index in [1.54, 1.807) is 49.8 Å². The number of hydrogen-bond acceptors (Lipinski definition) is 6. The van der Waals surface area contributed by atoms with Crippen LogP contribution in [-0.2, 0) is 12.7 Å². The number of carbonyl (C=O) groups is 1. The number of nitrogens with one attached hydrogen (secondary N) is 3. The second-order valence-corrected chi connectivity index (χ2v) is 7.89. The van der Waals surface area contributed by atoms with Crippen LogP contribution in [0.5, 0.6) is 0 Å². The van der Waals surface area contributed by atoms with Crippen molar-refractivity contribution in [2.45, 2.75) is 12.7 Å². The predicted octanol–water partition coefficient (Wildman–Crippen LogP) is 4.36. The largest absolute Gasteiger partial charge is 0.418 e. The second-order valence-electron chi connectivity index (χ2n) is 6.87. The molecule has 0 aliphatic carbocycles. The van der Waals surface area contributed by atoms with Gasteiger partial charge in [0.15, 0.2) is 10.8 Å². The Morgan fingerprint density at radius 1 is 1.09 bits per heavy atom. The molecular formula is C20H19F3N6OS2. The van der Waals surface area contributed by atoms with Gasteiger partial charge in [-0.2, -0.15) is 13.2 Å². The topological polar surface area (TPSA) is 82.2 Å². The molecule has 0 radical (unpaired) electrons. The van der Waals surface area contributed by atoms with Gasteiger partial charge in [0.1, 0.15) is 0 Å². The van der Waals surface area contributed by atoms with Crippen molar-refractivity contribution >= 4 is 51.8 Å².